The van der Waals surface area contributed by atoms with Gasteiger partial charge in [0.05, 0.1) is 6.26 Å². The largest absolute Gasteiger partial charge is 0.454 e. The van der Waals surface area contributed by atoms with Crippen LogP contribution in [0.15, 0.2) is 35.8 Å². The molecule has 118 valence electrons. The van der Waals surface area contributed by atoms with Crippen LogP contribution in [-0.4, -0.2) is 30.1 Å². The van der Waals surface area contributed by atoms with Gasteiger partial charge in [-0.3, -0.25) is 0 Å². The van der Waals surface area contributed by atoms with Gasteiger partial charge in [0, 0.05) is 11.6 Å². The van der Waals surface area contributed by atoms with Crippen LogP contribution < -0.4 is 0 Å². The smallest absolute Gasteiger partial charge is 0.334 e. The Morgan fingerprint density at radius 2 is 2.26 bits per heavy atom. The lowest BCUT2D eigenvalue weighted by atomic mass is 10.1. The van der Waals surface area contributed by atoms with E-state index >= 15 is 0 Å². The van der Waals surface area contributed by atoms with Crippen molar-refractivity contribution in [2.45, 2.75) is 44.9 Å². The van der Waals surface area contributed by atoms with Crippen molar-refractivity contribution >= 4 is 5.97 Å². The highest BCUT2D eigenvalue weighted by molar-refractivity contribution is 5.87. The van der Waals surface area contributed by atoms with Gasteiger partial charge >= 0.3 is 11.8 Å². The lowest BCUT2D eigenvalue weighted by Crippen LogP contribution is -2.47. The second kappa shape index (κ2) is 5.87. The summed E-state index contributed by atoms with van der Waals surface area (Å²) in [6.45, 7) is 5.18. The van der Waals surface area contributed by atoms with E-state index in [0.717, 1.165) is 0 Å². The van der Waals surface area contributed by atoms with E-state index in [1.807, 2.05) is 0 Å². The van der Waals surface area contributed by atoms with Gasteiger partial charge in [-0.15, -0.1) is 0 Å². The van der Waals surface area contributed by atoms with Gasteiger partial charge in [-0.05, 0) is 38.7 Å². The quantitative estimate of drug-likeness (QED) is 0.337. The molecule has 5 nitrogen and oxygen atoms in total. The van der Waals surface area contributed by atoms with Crippen LogP contribution in [0.5, 0.6) is 0 Å². The summed E-state index contributed by atoms with van der Waals surface area (Å²) >= 11 is 0. The number of hydrogen-bond acceptors (Lipinski definition) is 5. The summed E-state index contributed by atoms with van der Waals surface area (Å²) in [6.07, 6.45) is 5.22. The first-order valence-corrected chi connectivity index (χ1v) is 7.27. The van der Waals surface area contributed by atoms with Gasteiger partial charge in [0.2, 0.25) is 6.10 Å². The van der Waals surface area contributed by atoms with E-state index in [0.29, 0.717) is 11.3 Å². The Morgan fingerprint density at radius 3 is 3.00 bits per heavy atom. The van der Waals surface area contributed by atoms with E-state index in [4.69, 9.17) is 18.9 Å². The Bertz CT molecular complexity index is 737. The highest BCUT2D eigenvalue weighted by Crippen LogP contribution is 2.53. The van der Waals surface area contributed by atoms with Crippen LogP contribution >= 0.6 is 0 Å². The molecule has 3 aliphatic heterocycles. The van der Waals surface area contributed by atoms with Crippen LogP contribution in [0.4, 0.5) is 0 Å². The highest BCUT2D eigenvalue weighted by Gasteiger charge is 2.72. The molecule has 23 heavy (non-hydrogen) atoms. The number of hydrogen-bond donors (Lipinski definition) is 0. The molecule has 0 aromatic heterocycles. The predicted molar refractivity (Wildman–Crippen MR) is 81.3 cm³/mol. The molecule has 1 spiro atoms. The Hall–Kier alpha value is -2.63. The number of esters is 1. The van der Waals surface area contributed by atoms with Crippen molar-refractivity contribution in [3.8, 4) is 23.7 Å². The van der Waals surface area contributed by atoms with Gasteiger partial charge in [-0.25, -0.2) is 4.79 Å². The van der Waals surface area contributed by atoms with Gasteiger partial charge in [-0.1, -0.05) is 17.9 Å². The lowest BCUT2D eigenvalue weighted by molar-refractivity contribution is -0.226. The summed E-state index contributed by atoms with van der Waals surface area (Å²) in [5.41, 5.74) is 0.520. The van der Waals surface area contributed by atoms with E-state index in [9.17, 15) is 4.79 Å². The van der Waals surface area contributed by atoms with Crippen LogP contribution in [0.3, 0.4) is 0 Å². The van der Waals surface area contributed by atoms with E-state index in [1.165, 1.54) is 6.26 Å². The average molecular weight is 312 g/mol. The van der Waals surface area contributed by atoms with E-state index < -0.39 is 17.9 Å². The Labute approximate surface area is 134 Å². The predicted octanol–water partition coefficient (Wildman–Crippen LogP) is 1.81. The van der Waals surface area contributed by atoms with Gasteiger partial charge in [0.25, 0.3) is 0 Å². The molecular weight excluding hydrogens is 296 g/mol. The molecule has 5 heteroatoms. The number of fused-ring (bicyclic) bond motifs is 2. The Balaban J connectivity index is 1.76. The molecule has 0 saturated carbocycles. The first-order valence-electron chi connectivity index (χ1n) is 7.27. The fourth-order valence-corrected chi connectivity index (χ4v) is 2.43. The van der Waals surface area contributed by atoms with Crippen molar-refractivity contribution in [1.29, 1.82) is 0 Å². The van der Waals surface area contributed by atoms with Gasteiger partial charge in [0.15, 0.2) is 12.2 Å². The molecule has 0 aromatic rings. The number of rotatable bonds is 2. The zero-order valence-electron chi connectivity index (χ0n) is 13.1. The molecule has 3 rings (SSSR count). The molecule has 3 heterocycles. The molecule has 0 aliphatic carbocycles. The van der Waals surface area contributed by atoms with Crippen molar-refractivity contribution in [2.75, 3.05) is 0 Å². The normalized spacial score (nSPS) is 34.7. The van der Waals surface area contributed by atoms with E-state index in [2.05, 4.69) is 23.7 Å². The molecule has 3 aliphatic rings. The molecule has 2 fully saturated rings. The van der Waals surface area contributed by atoms with Gasteiger partial charge in [0.1, 0.15) is 5.76 Å². The minimum absolute atomic E-state index is 0.220. The van der Waals surface area contributed by atoms with E-state index in [-0.39, 0.29) is 12.2 Å². The van der Waals surface area contributed by atoms with Crippen molar-refractivity contribution < 1.29 is 23.7 Å². The summed E-state index contributed by atoms with van der Waals surface area (Å²) in [5.74, 6) is 9.79. The first kappa shape index (κ1) is 15.3. The fourth-order valence-electron chi connectivity index (χ4n) is 2.43. The van der Waals surface area contributed by atoms with Crippen LogP contribution in [0.1, 0.15) is 20.8 Å². The summed E-state index contributed by atoms with van der Waals surface area (Å²) in [7, 11) is 0. The van der Waals surface area contributed by atoms with Gasteiger partial charge in [-0.2, -0.15) is 0 Å². The van der Waals surface area contributed by atoms with Crippen molar-refractivity contribution in [3.05, 3.63) is 35.8 Å². The number of epoxide rings is 1. The molecule has 0 bridgehead atoms. The molecule has 2 saturated heterocycles. The number of allylic oxidation sites excluding steroid dienone is 2. The topological polar surface area (TPSA) is 57.3 Å². The maximum Gasteiger partial charge on any atom is 0.334 e. The maximum absolute atomic E-state index is 12.0. The summed E-state index contributed by atoms with van der Waals surface area (Å²) < 4.78 is 22.6. The minimum atomic E-state index is -1.15. The minimum Gasteiger partial charge on any atom is -0.454 e. The lowest BCUT2D eigenvalue weighted by Gasteiger charge is -2.30. The SMILES string of the molecule is CC#CC#C/C=C1\O[C@@]2(OC=C[C@@H]2OC(=O)/C(C)=C\C)[C@H]2O[C@@H]12. The van der Waals surface area contributed by atoms with E-state index in [1.54, 1.807) is 39.0 Å². The third kappa shape index (κ3) is 2.60. The monoisotopic (exact) mass is 312 g/mol. The van der Waals surface area contributed by atoms with Crippen molar-refractivity contribution in [3.63, 3.8) is 0 Å². The first-order chi connectivity index (χ1) is 11.1. The highest BCUT2D eigenvalue weighted by atomic mass is 16.8. The average Bonchev–Trinajstić information content (AvgIpc) is 3.19. The molecule has 0 radical (unpaired) electrons. The Morgan fingerprint density at radius 1 is 1.43 bits per heavy atom. The summed E-state index contributed by atoms with van der Waals surface area (Å²) in [6, 6.07) is 0. The van der Waals surface area contributed by atoms with Gasteiger partial charge < -0.3 is 18.9 Å². The fraction of sp³-hybridized carbons (Fsp3) is 0.389. The number of ether oxygens (including phenoxy) is 4. The van der Waals surface area contributed by atoms with Crippen LogP contribution in [-0.2, 0) is 23.7 Å². The molecule has 4 atom stereocenters. The number of carbonyl (C=O) groups excluding carboxylic acids is 1. The molecule has 0 amide bonds. The maximum atomic E-state index is 12.0. The third-order valence-corrected chi connectivity index (χ3v) is 3.81. The second-order valence-electron chi connectivity index (χ2n) is 5.24. The second-order valence-corrected chi connectivity index (χ2v) is 5.24. The zero-order chi connectivity index (χ0) is 16.4. The standard InChI is InChI=1S/C18H16O5/c1-4-6-7-8-9-13-15-16(22-15)18(23-13)14(10-11-20-18)21-17(19)12(3)5-2/h5,9-11,14-16H,1-3H3/b12-5-,13-9-/t14-,15-,16-,18+/m0/s1. The third-order valence-electron chi connectivity index (χ3n) is 3.81. The zero-order valence-corrected chi connectivity index (χ0v) is 13.1. The summed E-state index contributed by atoms with van der Waals surface area (Å²) in [5, 5.41) is 0. The van der Waals surface area contributed by atoms with Crippen LogP contribution in [0, 0.1) is 23.7 Å². The molecular formula is C18H16O5. The van der Waals surface area contributed by atoms with Crippen molar-refractivity contribution in [2.24, 2.45) is 0 Å². The summed E-state index contributed by atoms with van der Waals surface area (Å²) in [4.78, 5) is 12.0. The Kier molecular flexibility index (Phi) is 3.90. The molecule has 0 aromatic carbocycles. The van der Waals surface area contributed by atoms with Crippen LogP contribution in [0.2, 0.25) is 0 Å². The molecule has 0 unspecified atom stereocenters. The molecule has 0 N–H and O–H groups in total. The number of carbonyl (C=O) groups is 1. The van der Waals surface area contributed by atoms with Crippen molar-refractivity contribution in [1.82, 2.24) is 0 Å². The van der Waals surface area contributed by atoms with Crippen LogP contribution in [0.25, 0.3) is 0 Å².